The Bertz CT molecular complexity index is 1290. The quantitative estimate of drug-likeness (QED) is 0.355. The number of amides is 1. The van der Waals surface area contributed by atoms with Crippen molar-refractivity contribution in [2.75, 3.05) is 11.4 Å². The van der Waals surface area contributed by atoms with Gasteiger partial charge in [0.25, 0.3) is 0 Å². The molecule has 4 nitrogen and oxygen atoms in total. The number of hydrogen-bond donors (Lipinski definition) is 0. The van der Waals surface area contributed by atoms with Crippen LogP contribution >= 0.6 is 0 Å². The molecule has 1 amide bonds. The highest BCUT2D eigenvalue weighted by atomic mass is 16.2. The fourth-order valence-corrected chi connectivity index (χ4v) is 4.95. The number of carbonyl (C=O) groups excluding carboxylic acids is 1. The minimum Gasteiger partial charge on any atom is -0.323 e. The van der Waals surface area contributed by atoms with Crippen molar-refractivity contribution in [2.45, 2.75) is 52.0 Å². The first-order valence-corrected chi connectivity index (χ1v) is 12.0. The third-order valence-electron chi connectivity index (χ3n) is 6.82. The van der Waals surface area contributed by atoms with Gasteiger partial charge in [-0.2, -0.15) is 0 Å². The monoisotopic (exact) mass is 437 g/mol. The molecule has 1 saturated heterocycles. The number of aryl methyl sites for hydroxylation is 1. The number of rotatable bonds is 6. The van der Waals surface area contributed by atoms with Gasteiger partial charge in [-0.1, -0.05) is 75.4 Å². The van der Waals surface area contributed by atoms with Crippen molar-refractivity contribution >= 4 is 22.6 Å². The lowest BCUT2D eigenvalue weighted by Crippen LogP contribution is -2.25. The molecule has 3 aromatic carbocycles. The van der Waals surface area contributed by atoms with Crippen LogP contribution in [0.1, 0.15) is 61.5 Å². The van der Waals surface area contributed by atoms with Gasteiger partial charge >= 0.3 is 0 Å². The first kappa shape index (κ1) is 21.4. The highest BCUT2D eigenvalue weighted by Crippen LogP contribution is 2.35. The van der Waals surface area contributed by atoms with Crippen LogP contribution in [0.15, 0.2) is 72.8 Å². The van der Waals surface area contributed by atoms with Crippen LogP contribution in [-0.2, 0) is 17.8 Å². The number of imidazole rings is 1. The molecule has 0 radical (unpaired) electrons. The Morgan fingerprint density at radius 1 is 0.970 bits per heavy atom. The molecule has 0 aliphatic carbocycles. The zero-order chi connectivity index (χ0) is 22.9. The summed E-state index contributed by atoms with van der Waals surface area (Å²) in [6.07, 6.45) is 1.41. The van der Waals surface area contributed by atoms with Crippen LogP contribution in [0.2, 0.25) is 0 Å². The number of aromatic nitrogens is 2. The molecule has 33 heavy (non-hydrogen) atoms. The zero-order valence-corrected chi connectivity index (χ0v) is 19.7. The Hall–Kier alpha value is -3.40. The summed E-state index contributed by atoms with van der Waals surface area (Å²) in [5.41, 5.74) is 6.97. The van der Waals surface area contributed by atoms with Gasteiger partial charge in [-0.05, 0) is 47.2 Å². The van der Waals surface area contributed by atoms with Gasteiger partial charge in [0.2, 0.25) is 5.91 Å². The first-order valence-electron chi connectivity index (χ1n) is 12.0. The summed E-state index contributed by atoms with van der Waals surface area (Å²) >= 11 is 0. The van der Waals surface area contributed by atoms with Crippen LogP contribution in [0.3, 0.4) is 0 Å². The van der Waals surface area contributed by atoms with Crippen LogP contribution in [0.25, 0.3) is 11.0 Å². The first-order chi connectivity index (χ1) is 16.0. The lowest BCUT2D eigenvalue weighted by molar-refractivity contribution is -0.117. The molecule has 0 bridgehead atoms. The molecule has 5 rings (SSSR count). The zero-order valence-electron chi connectivity index (χ0n) is 19.7. The van der Waals surface area contributed by atoms with E-state index in [-0.39, 0.29) is 11.8 Å². The Labute approximate surface area is 195 Å². The van der Waals surface area contributed by atoms with E-state index in [1.807, 2.05) is 23.1 Å². The molecule has 1 aliphatic rings. The summed E-state index contributed by atoms with van der Waals surface area (Å²) in [6.45, 7) is 8.00. The molecule has 0 N–H and O–H groups in total. The van der Waals surface area contributed by atoms with E-state index in [2.05, 4.69) is 79.9 Å². The van der Waals surface area contributed by atoms with Crippen molar-refractivity contribution in [3.63, 3.8) is 0 Å². The molecule has 4 aromatic rings. The number of benzene rings is 3. The summed E-state index contributed by atoms with van der Waals surface area (Å²) in [7, 11) is 0. The lowest BCUT2D eigenvalue weighted by atomic mass is 10.0. The van der Waals surface area contributed by atoms with E-state index in [0.29, 0.717) is 18.9 Å². The van der Waals surface area contributed by atoms with E-state index in [0.717, 1.165) is 35.5 Å². The number of hydrogen-bond acceptors (Lipinski definition) is 2. The molecular weight excluding hydrogens is 406 g/mol. The fourth-order valence-electron chi connectivity index (χ4n) is 4.95. The standard InChI is InChI=1S/C29H31N3O/c1-4-22-9-5-7-11-26(22)31-19-24(17-28(31)33)29-30-25-10-6-8-12-27(25)32(29)18-21-13-15-23(16-14-21)20(2)3/h5-16,20,24H,4,17-19H2,1-3H3. The van der Waals surface area contributed by atoms with Crippen LogP contribution in [-0.4, -0.2) is 22.0 Å². The number of nitrogens with zero attached hydrogens (tertiary/aromatic N) is 3. The average molecular weight is 438 g/mol. The van der Waals surface area contributed by atoms with Gasteiger partial charge in [0.1, 0.15) is 5.82 Å². The normalized spacial score (nSPS) is 16.3. The van der Waals surface area contributed by atoms with Crippen molar-refractivity contribution in [1.82, 2.24) is 9.55 Å². The number of anilines is 1. The maximum atomic E-state index is 13.1. The third kappa shape index (κ3) is 4.06. The van der Waals surface area contributed by atoms with E-state index in [1.165, 1.54) is 16.7 Å². The molecular formula is C29H31N3O. The molecule has 2 heterocycles. The molecule has 1 fully saturated rings. The van der Waals surface area contributed by atoms with Gasteiger partial charge < -0.3 is 9.47 Å². The Kier molecular flexibility index (Phi) is 5.76. The van der Waals surface area contributed by atoms with Crippen LogP contribution in [0, 0.1) is 0 Å². The molecule has 0 saturated carbocycles. The Morgan fingerprint density at radius 2 is 1.70 bits per heavy atom. The highest BCUT2D eigenvalue weighted by Gasteiger charge is 2.35. The smallest absolute Gasteiger partial charge is 0.227 e. The van der Waals surface area contributed by atoms with Crippen molar-refractivity contribution in [3.8, 4) is 0 Å². The Balaban J connectivity index is 1.50. The number of para-hydroxylation sites is 3. The van der Waals surface area contributed by atoms with Crippen LogP contribution < -0.4 is 4.90 Å². The third-order valence-corrected chi connectivity index (χ3v) is 6.82. The van der Waals surface area contributed by atoms with E-state index in [4.69, 9.17) is 4.98 Å². The van der Waals surface area contributed by atoms with Crippen molar-refractivity contribution < 1.29 is 4.79 Å². The van der Waals surface area contributed by atoms with Gasteiger partial charge in [-0.15, -0.1) is 0 Å². The van der Waals surface area contributed by atoms with Gasteiger partial charge in [0.05, 0.1) is 11.0 Å². The molecule has 1 aromatic heterocycles. The topological polar surface area (TPSA) is 38.1 Å². The van der Waals surface area contributed by atoms with Gasteiger partial charge in [0.15, 0.2) is 0 Å². The summed E-state index contributed by atoms with van der Waals surface area (Å²) in [4.78, 5) is 20.1. The second kappa shape index (κ2) is 8.86. The van der Waals surface area contributed by atoms with Crippen LogP contribution in [0.5, 0.6) is 0 Å². The molecule has 1 unspecified atom stereocenters. The second-order valence-electron chi connectivity index (χ2n) is 9.33. The van der Waals surface area contributed by atoms with Crippen LogP contribution in [0.4, 0.5) is 5.69 Å². The van der Waals surface area contributed by atoms with Crippen molar-refractivity contribution in [1.29, 1.82) is 0 Å². The molecule has 0 spiro atoms. The van der Waals surface area contributed by atoms with Crippen molar-refractivity contribution in [3.05, 3.63) is 95.3 Å². The summed E-state index contributed by atoms with van der Waals surface area (Å²) in [6, 6.07) is 25.4. The Morgan fingerprint density at radius 3 is 2.45 bits per heavy atom. The molecule has 168 valence electrons. The highest BCUT2D eigenvalue weighted by molar-refractivity contribution is 5.97. The molecule has 1 atom stereocenters. The van der Waals surface area contributed by atoms with Gasteiger partial charge in [-0.25, -0.2) is 4.98 Å². The molecule has 4 heteroatoms. The fraction of sp³-hybridized carbons (Fsp3) is 0.310. The van der Waals surface area contributed by atoms with Gasteiger partial charge in [-0.3, -0.25) is 4.79 Å². The predicted molar refractivity (Wildman–Crippen MR) is 135 cm³/mol. The largest absolute Gasteiger partial charge is 0.323 e. The summed E-state index contributed by atoms with van der Waals surface area (Å²) < 4.78 is 2.31. The van der Waals surface area contributed by atoms with E-state index < -0.39 is 0 Å². The SMILES string of the molecule is CCc1ccccc1N1CC(c2nc3ccccc3n2Cc2ccc(C(C)C)cc2)CC1=O. The van der Waals surface area contributed by atoms with Crippen molar-refractivity contribution in [2.24, 2.45) is 0 Å². The minimum absolute atomic E-state index is 0.0738. The summed E-state index contributed by atoms with van der Waals surface area (Å²) in [5, 5.41) is 0. The predicted octanol–water partition coefficient (Wildman–Crippen LogP) is 6.29. The second-order valence-corrected chi connectivity index (χ2v) is 9.33. The number of carbonyl (C=O) groups is 1. The van der Waals surface area contributed by atoms with E-state index in [1.54, 1.807) is 0 Å². The van der Waals surface area contributed by atoms with E-state index in [9.17, 15) is 4.79 Å². The maximum Gasteiger partial charge on any atom is 0.227 e. The minimum atomic E-state index is 0.0738. The number of fused-ring (bicyclic) bond motifs is 1. The molecule has 1 aliphatic heterocycles. The summed E-state index contributed by atoms with van der Waals surface area (Å²) in [5.74, 6) is 1.78. The average Bonchev–Trinajstić information content (AvgIpc) is 3.40. The lowest BCUT2D eigenvalue weighted by Gasteiger charge is -2.20. The van der Waals surface area contributed by atoms with E-state index >= 15 is 0 Å². The maximum absolute atomic E-state index is 13.1. The van der Waals surface area contributed by atoms with Gasteiger partial charge in [0, 0.05) is 31.1 Å².